The van der Waals surface area contributed by atoms with Crippen molar-refractivity contribution in [3.63, 3.8) is 0 Å². The molecule has 0 radical (unpaired) electrons. The maximum absolute atomic E-state index is 13.1. The zero-order valence-corrected chi connectivity index (χ0v) is 20.9. The summed E-state index contributed by atoms with van der Waals surface area (Å²) in [6.45, 7) is 14.9. The van der Waals surface area contributed by atoms with Gasteiger partial charge in [-0.05, 0) is 53.4 Å². The lowest BCUT2D eigenvalue weighted by atomic mass is 9.94. The molecule has 0 aliphatic heterocycles. The summed E-state index contributed by atoms with van der Waals surface area (Å²) in [7, 11) is -2.16. The Kier molecular flexibility index (Phi) is 8.06. The van der Waals surface area contributed by atoms with Crippen molar-refractivity contribution in [2.75, 3.05) is 0 Å². The summed E-state index contributed by atoms with van der Waals surface area (Å²) >= 11 is 0. The van der Waals surface area contributed by atoms with Crippen LogP contribution in [0.4, 0.5) is 0 Å². The molecule has 0 fully saturated rings. The first kappa shape index (κ1) is 25.1. The SMILES string of the molecule is CC(C)C(NC(=O)c1ccc2ccccc2c1)C(CCC(=O)O)O[Si](C)(C)C(C)(C)C. The lowest BCUT2D eigenvalue weighted by molar-refractivity contribution is -0.137. The number of fused-ring (bicyclic) bond motifs is 1. The van der Waals surface area contributed by atoms with E-state index in [9.17, 15) is 14.7 Å². The van der Waals surface area contributed by atoms with Crippen LogP contribution in [0.2, 0.25) is 18.1 Å². The first-order chi connectivity index (χ1) is 14.3. The number of hydrogen-bond donors (Lipinski definition) is 2. The monoisotopic (exact) mass is 443 g/mol. The molecule has 5 nitrogen and oxygen atoms in total. The zero-order chi connectivity index (χ0) is 23.4. The van der Waals surface area contributed by atoms with Gasteiger partial charge in [-0.15, -0.1) is 0 Å². The molecule has 2 atom stereocenters. The van der Waals surface area contributed by atoms with Crippen molar-refractivity contribution in [3.05, 3.63) is 48.0 Å². The molecular formula is C25H37NO4Si. The average Bonchev–Trinajstić information content (AvgIpc) is 2.67. The van der Waals surface area contributed by atoms with E-state index in [0.717, 1.165) is 10.8 Å². The Hall–Kier alpha value is -2.18. The molecular weight excluding hydrogens is 406 g/mol. The molecule has 170 valence electrons. The van der Waals surface area contributed by atoms with Crippen LogP contribution in [-0.2, 0) is 9.22 Å². The highest BCUT2D eigenvalue weighted by Gasteiger charge is 2.41. The predicted octanol–water partition coefficient (Wildman–Crippen LogP) is 5.85. The average molecular weight is 444 g/mol. The molecule has 0 saturated carbocycles. The molecule has 2 unspecified atom stereocenters. The lowest BCUT2D eigenvalue weighted by Crippen LogP contribution is -2.53. The van der Waals surface area contributed by atoms with Gasteiger partial charge in [0.2, 0.25) is 0 Å². The Bertz CT molecular complexity index is 917. The second-order valence-electron chi connectivity index (χ2n) is 10.2. The number of amides is 1. The Balaban J connectivity index is 2.30. The van der Waals surface area contributed by atoms with Crippen LogP contribution in [0.3, 0.4) is 0 Å². The van der Waals surface area contributed by atoms with Gasteiger partial charge in [-0.3, -0.25) is 9.59 Å². The number of carbonyl (C=O) groups excluding carboxylic acids is 1. The Morgan fingerprint density at radius 1 is 1.06 bits per heavy atom. The molecule has 31 heavy (non-hydrogen) atoms. The van der Waals surface area contributed by atoms with E-state index in [-0.39, 0.29) is 35.4 Å². The van der Waals surface area contributed by atoms with Crippen molar-refractivity contribution >= 4 is 31.0 Å². The number of hydrogen-bond acceptors (Lipinski definition) is 3. The van der Waals surface area contributed by atoms with Crippen molar-refractivity contribution < 1.29 is 19.1 Å². The van der Waals surface area contributed by atoms with Crippen molar-refractivity contribution in [1.29, 1.82) is 0 Å². The Labute approximate surface area is 187 Å². The molecule has 0 spiro atoms. The zero-order valence-electron chi connectivity index (χ0n) is 19.9. The number of aliphatic carboxylic acids is 1. The second kappa shape index (κ2) is 9.96. The number of carboxylic acid groups (broad SMARTS) is 1. The normalized spacial score (nSPS) is 14.5. The third-order valence-electron chi connectivity index (χ3n) is 6.32. The summed E-state index contributed by atoms with van der Waals surface area (Å²) in [6.07, 6.45) is 0.0123. The van der Waals surface area contributed by atoms with Crippen molar-refractivity contribution in [2.24, 2.45) is 5.92 Å². The highest BCUT2D eigenvalue weighted by molar-refractivity contribution is 6.74. The fraction of sp³-hybridized carbons (Fsp3) is 0.520. The number of nitrogens with one attached hydrogen (secondary N) is 1. The second-order valence-corrected chi connectivity index (χ2v) is 14.9. The van der Waals surface area contributed by atoms with Gasteiger partial charge in [0.15, 0.2) is 8.32 Å². The van der Waals surface area contributed by atoms with E-state index >= 15 is 0 Å². The third-order valence-corrected chi connectivity index (χ3v) is 10.8. The summed E-state index contributed by atoms with van der Waals surface area (Å²) in [4.78, 5) is 24.4. The Morgan fingerprint density at radius 2 is 1.68 bits per heavy atom. The number of rotatable bonds is 9. The maximum atomic E-state index is 13.1. The minimum Gasteiger partial charge on any atom is -0.481 e. The van der Waals surface area contributed by atoms with Crippen LogP contribution in [0.1, 0.15) is 57.8 Å². The summed E-state index contributed by atoms with van der Waals surface area (Å²) in [6, 6.07) is 13.3. The van der Waals surface area contributed by atoms with Gasteiger partial charge in [0.1, 0.15) is 0 Å². The van der Waals surface area contributed by atoms with Gasteiger partial charge in [0, 0.05) is 12.0 Å². The molecule has 6 heteroatoms. The summed E-state index contributed by atoms with van der Waals surface area (Å²) in [5.74, 6) is -0.927. The van der Waals surface area contributed by atoms with Gasteiger partial charge in [-0.1, -0.05) is 65.0 Å². The number of carbonyl (C=O) groups is 2. The van der Waals surface area contributed by atoms with E-state index in [0.29, 0.717) is 12.0 Å². The van der Waals surface area contributed by atoms with E-state index in [2.05, 4.69) is 39.2 Å². The van der Waals surface area contributed by atoms with E-state index < -0.39 is 14.3 Å². The molecule has 2 rings (SSSR count). The van der Waals surface area contributed by atoms with Gasteiger partial charge in [-0.25, -0.2) is 0 Å². The fourth-order valence-electron chi connectivity index (χ4n) is 3.39. The van der Waals surface area contributed by atoms with Crippen molar-refractivity contribution in [3.8, 4) is 0 Å². The molecule has 0 aromatic heterocycles. The molecule has 0 saturated heterocycles. The molecule has 2 aromatic rings. The van der Waals surface area contributed by atoms with Crippen LogP contribution >= 0.6 is 0 Å². The number of benzene rings is 2. The predicted molar refractivity (Wildman–Crippen MR) is 129 cm³/mol. The summed E-state index contributed by atoms with van der Waals surface area (Å²) in [5.41, 5.74) is 0.591. The molecule has 0 heterocycles. The smallest absolute Gasteiger partial charge is 0.303 e. The van der Waals surface area contributed by atoms with E-state index in [1.165, 1.54) is 0 Å². The minimum absolute atomic E-state index is 0.00829. The largest absolute Gasteiger partial charge is 0.481 e. The van der Waals surface area contributed by atoms with Crippen molar-refractivity contribution in [1.82, 2.24) is 5.32 Å². The molecule has 1 amide bonds. The van der Waals surface area contributed by atoms with Crippen LogP contribution in [0.15, 0.2) is 42.5 Å². The fourth-order valence-corrected chi connectivity index (χ4v) is 4.76. The van der Waals surface area contributed by atoms with Gasteiger partial charge in [0.05, 0.1) is 12.1 Å². The molecule has 0 aliphatic carbocycles. The quantitative estimate of drug-likeness (QED) is 0.477. The lowest BCUT2D eigenvalue weighted by Gasteiger charge is -2.42. The highest BCUT2D eigenvalue weighted by Crippen LogP contribution is 2.38. The van der Waals surface area contributed by atoms with Crippen LogP contribution in [0, 0.1) is 5.92 Å². The van der Waals surface area contributed by atoms with E-state index in [1.807, 2.05) is 56.3 Å². The van der Waals surface area contributed by atoms with Crippen LogP contribution in [-0.4, -0.2) is 37.4 Å². The Morgan fingerprint density at radius 3 is 2.23 bits per heavy atom. The van der Waals surface area contributed by atoms with Crippen LogP contribution in [0.5, 0.6) is 0 Å². The molecule has 0 bridgehead atoms. The van der Waals surface area contributed by atoms with E-state index in [1.54, 1.807) is 0 Å². The van der Waals surface area contributed by atoms with Crippen LogP contribution in [0.25, 0.3) is 10.8 Å². The topological polar surface area (TPSA) is 75.6 Å². The first-order valence-electron chi connectivity index (χ1n) is 11.0. The van der Waals surface area contributed by atoms with E-state index in [4.69, 9.17) is 4.43 Å². The summed E-state index contributed by atoms with van der Waals surface area (Å²) in [5, 5.41) is 14.5. The third kappa shape index (κ3) is 6.65. The molecule has 0 aliphatic rings. The first-order valence-corrected chi connectivity index (χ1v) is 13.9. The molecule has 2 aromatic carbocycles. The van der Waals surface area contributed by atoms with Gasteiger partial charge >= 0.3 is 5.97 Å². The van der Waals surface area contributed by atoms with Crippen LogP contribution < -0.4 is 5.32 Å². The van der Waals surface area contributed by atoms with Gasteiger partial charge in [-0.2, -0.15) is 0 Å². The molecule has 2 N–H and O–H groups in total. The number of carboxylic acids is 1. The van der Waals surface area contributed by atoms with Gasteiger partial charge in [0.25, 0.3) is 5.91 Å². The van der Waals surface area contributed by atoms with Gasteiger partial charge < -0.3 is 14.8 Å². The minimum atomic E-state index is -2.16. The standard InChI is InChI=1S/C25H37NO4Si/c1-17(2)23(21(14-15-22(27)28)30-31(6,7)25(3,4)5)26-24(29)20-13-12-18-10-8-9-11-19(18)16-20/h8-13,16-17,21,23H,14-15H2,1-7H3,(H,26,29)(H,27,28). The van der Waals surface area contributed by atoms with Crippen molar-refractivity contribution in [2.45, 2.75) is 77.7 Å². The summed E-state index contributed by atoms with van der Waals surface area (Å²) < 4.78 is 6.64. The maximum Gasteiger partial charge on any atom is 0.303 e. The highest BCUT2D eigenvalue weighted by atomic mass is 28.4.